The molecule has 0 atom stereocenters. The average molecular weight is 386 g/mol. The van der Waals surface area contributed by atoms with Gasteiger partial charge in [-0.05, 0) is 23.3 Å². The van der Waals surface area contributed by atoms with E-state index in [0.717, 1.165) is 37.3 Å². The van der Waals surface area contributed by atoms with E-state index in [0.29, 0.717) is 13.1 Å². The van der Waals surface area contributed by atoms with Gasteiger partial charge < -0.3 is 14.7 Å². The predicted octanol–water partition coefficient (Wildman–Crippen LogP) is 4.63. The predicted molar refractivity (Wildman–Crippen MR) is 118 cm³/mol. The highest BCUT2D eigenvalue weighted by molar-refractivity contribution is 5.75. The third-order valence-electron chi connectivity index (χ3n) is 5.37. The van der Waals surface area contributed by atoms with Gasteiger partial charge in [-0.25, -0.2) is 4.79 Å². The number of para-hydroxylation sites is 1. The number of carbonyl (C=O) groups is 1. The fourth-order valence-electron chi connectivity index (χ4n) is 3.79. The van der Waals surface area contributed by atoms with Crippen LogP contribution in [0.4, 0.5) is 10.5 Å². The molecule has 1 heterocycles. The molecule has 1 aliphatic rings. The Balaban J connectivity index is 1.44. The number of nitrogens with zero attached hydrogens (tertiary/aromatic N) is 3. The third kappa shape index (κ3) is 4.96. The summed E-state index contributed by atoms with van der Waals surface area (Å²) < 4.78 is 0. The van der Waals surface area contributed by atoms with Crippen molar-refractivity contribution in [3.63, 3.8) is 0 Å². The SMILES string of the molecule is O=C(N1CCN(c2ccccc2)CC1)N(Cc1ccccc1)Cc1ccccc1. The monoisotopic (exact) mass is 385 g/mol. The quantitative estimate of drug-likeness (QED) is 0.640. The van der Waals surface area contributed by atoms with Gasteiger partial charge in [-0.2, -0.15) is 0 Å². The van der Waals surface area contributed by atoms with Crippen LogP contribution in [0, 0.1) is 0 Å². The summed E-state index contributed by atoms with van der Waals surface area (Å²) in [6.45, 7) is 4.45. The molecular formula is C25H27N3O. The van der Waals surface area contributed by atoms with Gasteiger partial charge in [-0.15, -0.1) is 0 Å². The van der Waals surface area contributed by atoms with Gasteiger partial charge in [-0.1, -0.05) is 78.9 Å². The van der Waals surface area contributed by atoms with Crippen LogP contribution in [0.3, 0.4) is 0 Å². The molecule has 1 saturated heterocycles. The molecule has 3 aromatic carbocycles. The van der Waals surface area contributed by atoms with E-state index in [4.69, 9.17) is 0 Å². The van der Waals surface area contributed by atoms with Crippen LogP contribution >= 0.6 is 0 Å². The summed E-state index contributed by atoms with van der Waals surface area (Å²) in [7, 11) is 0. The molecule has 0 radical (unpaired) electrons. The fraction of sp³-hybridized carbons (Fsp3) is 0.240. The Morgan fingerprint density at radius 1 is 0.655 bits per heavy atom. The van der Waals surface area contributed by atoms with Crippen molar-refractivity contribution < 1.29 is 4.79 Å². The van der Waals surface area contributed by atoms with Crippen molar-refractivity contribution in [2.24, 2.45) is 0 Å². The first-order valence-corrected chi connectivity index (χ1v) is 10.2. The summed E-state index contributed by atoms with van der Waals surface area (Å²) in [5.74, 6) is 0. The van der Waals surface area contributed by atoms with E-state index in [1.165, 1.54) is 5.69 Å². The van der Waals surface area contributed by atoms with E-state index in [1.807, 2.05) is 52.3 Å². The molecule has 0 aliphatic carbocycles. The lowest BCUT2D eigenvalue weighted by atomic mass is 10.1. The highest BCUT2D eigenvalue weighted by atomic mass is 16.2. The molecule has 0 spiro atoms. The second kappa shape index (κ2) is 9.28. The molecular weight excluding hydrogens is 358 g/mol. The van der Waals surface area contributed by atoms with Crippen LogP contribution in [0.5, 0.6) is 0 Å². The first-order valence-electron chi connectivity index (χ1n) is 10.2. The maximum atomic E-state index is 13.4. The number of rotatable bonds is 5. The van der Waals surface area contributed by atoms with Gasteiger partial charge >= 0.3 is 6.03 Å². The van der Waals surface area contributed by atoms with Crippen molar-refractivity contribution in [2.45, 2.75) is 13.1 Å². The maximum absolute atomic E-state index is 13.4. The third-order valence-corrected chi connectivity index (χ3v) is 5.37. The molecule has 148 valence electrons. The second-order valence-electron chi connectivity index (χ2n) is 7.42. The zero-order valence-electron chi connectivity index (χ0n) is 16.7. The molecule has 4 rings (SSSR count). The van der Waals surface area contributed by atoms with Gasteiger partial charge in [0, 0.05) is 45.0 Å². The minimum absolute atomic E-state index is 0.116. The maximum Gasteiger partial charge on any atom is 0.320 e. The zero-order chi connectivity index (χ0) is 19.9. The molecule has 0 unspecified atom stereocenters. The molecule has 3 aromatic rings. The van der Waals surface area contributed by atoms with Gasteiger partial charge in [-0.3, -0.25) is 0 Å². The van der Waals surface area contributed by atoms with Gasteiger partial charge in [0.1, 0.15) is 0 Å². The number of anilines is 1. The van der Waals surface area contributed by atoms with Crippen LogP contribution in [-0.2, 0) is 13.1 Å². The normalized spacial score (nSPS) is 13.9. The average Bonchev–Trinajstić information content (AvgIpc) is 2.80. The van der Waals surface area contributed by atoms with Gasteiger partial charge in [0.25, 0.3) is 0 Å². The molecule has 1 aliphatic heterocycles. The summed E-state index contributed by atoms with van der Waals surface area (Å²) in [4.78, 5) is 19.7. The van der Waals surface area contributed by atoms with Gasteiger partial charge in [0.2, 0.25) is 0 Å². The lowest BCUT2D eigenvalue weighted by Crippen LogP contribution is -2.52. The van der Waals surface area contributed by atoms with E-state index in [9.17, 15) is 4.79 Å². The van der Waals surface area contributed by atoms with Gasteiger partial charge in [0.05, 0.1) is 0 Å². The smallest absolute Gasteiger partial charge is 0.320 e. The molecule has 4 nitrogen and oxygen atoms in total. The summed E-state index contributed by atoms with van der Waals surface area (Å²) in [5, 5.41) is 0. The van der Waals surface area contributed by atoms with Crippen molar-refractivity contribution >= 4 is 11.7 Å². The van der Waals surface area contributed by atoms with Crippen LogP contribution in [0.25, 0.3) is 0 Å². The van der Waals surface area contributed by atoms with Crippen LogP contribution in [-0.4, -0.2) is 42.0 Å². The molecule has 0 saturated carbocycles. The Kier molecular flexibility index (Phi) is 6.10. The van der Waals surface area contributed by atoms with E-state index < -0.39 is 0 Å². The van der Waals surface area contributed by atoms with E-state index >= 15 is 0 Å². The zero-order valence-corrected chi connectivity index (χ0v) is 16.7. The second-order valence-corrected chi connectivity index (χ2v) is 7.42. The summed E-state index contributed by atoms with van der Waals surface area (Å²) in [5.41, 5.74) is 3.53. The van der Waals surface area contributed by atoms with Crippen molar-refractivity contribution in [3.05, 3.63) is 102 Å². The lowest BCUT2D eigenvalue weighted by Gasteiger charge is -2.38. The number of piperazine rings is 1. The first kappa shape index (κ1) is 19.1. The molecule has 1 fully saturated rings. The number of amides is 2. The van der Waals surface area contributed by atoms with Crippen LogP contribution < -0.4 is 4.90 Å². The van der Waals surface area contributed by atoms with Crippen molar-refractivity contribution in [1.82, 2.24) is 9.80 Å². The minimum Gasteiger partial charge on any atom is -0.368 e. The lowest BCUT2D eigenvalue weighted by molar-refractivity contribution is 0.144. The highest BCUT2D eigenvalue weighted by Crippen LogP contribution is 2.18. The molecule has 2 amide bonds. The van der Waals surface area contributed by atoms with Crippen molar-refractivity contribution in [2.75, 3.05) is 31.1 Å². The van der Waals surface area contributed by atoms with E-state index in [1.54, 1.807) is 0 Å². The molecule has 0 aromatic heterocycles. The minimum atomic E-state index is 0.116. The standard InChI is InChI=1S/C25H27N3O/c29-25(27-18-16-26(17-19-27)24-14-8-3-9-15-24)28(20-22-10-4-1-5-11-22)21-23-12-6-2-7-13-23/h1-15H,16-21H2. The Labute approximate surface area is 173 Å². The number of hydrogen-bond donors (Lipinski definition) is 0. The van der Waals surface area contributed by atoms with E-state index in [2.05, 4.69) is 53.4 Å². The Hall–Kier alpha value is -3.27. The fourth-order valence-corrected chi connectivity index (χ4v) is 3.79. The largest absolute Gasteiger partial charge is 0.368 e. The van der Waals surface area contributed by atoms with Crippen molar-refractivity contribution in [1.29, 1.82) is 0 Å². The molecule has 29 heavy (non-hydrogen) atoms. The Bertz CT molecular complexity index is 850. The summed E-state index contributed by atoms with van der Waals surface area (Å²) in [6.07, 6.45) is 0. The molecule has 4 heteroatoms. The van der Waals surface area contributed by atoms with Crippen molar-refractivity contribution in [3.8, 4) is 0 Å². The van der Waals surface area contributed by atoms with Crippen LogP contribution in [0.1, 0.15) is 11.1 Å². The molecule has 0 bridgehead atoms. The number of urea groups is 1. The van der Waals surface area contributed by atoms with Crippen LogP contribution in [0.2, 0.25) is 0 Å². The van der Waals surface area contributed by atoms with Gasteiger partial charge in [0.15, 0.2) is 0 Å². The summed E-state index contributed by atoms with van der Waals surface area (Å²) >= 11 is 0. The molecule has 0 N–H and O–H groups in total. The number of hydrogen-bond acceptors (Lipinski definition) is 2. The Morgan fingerprint density at radius 2 is 1.10 bits per heavy atom. The summed E-state index contributed by atoms with van der Waals surface area (Å²) in [6, 6.07) is 31.0. The first-order chi connectivity index (χ1) is 14.3. The van der Waals surface area contributed by atoms with Crippen LogP contribution in [0.15, 0.2) is 91.0 Å². The number of carbonyl (C=O) groups excluding carboxylic acids is 1. The highest BCUT2D eigenvalue weighted by Gasteiger charge is 2.25. The number of benzene rings is 3. The topological polar surface area (TPSA) is 26.8 Å². The van der Waals surface area contributed by atoms with E-state index in [-0.39, 0.29) is 6.03 Å². The Morgan fingerprint density at radius 3 is 1.59 bits per heavy atom.